The van der Waals surface area contributed by atoms with E-state index >= 15 is 0 Å². The minimum absolute atomic E-state index is 0.0264. The van der Waals surface area contributed by atoms with Crippen LogP contribution in [-0.4, -0.2) is 18.5 Å². The van der Waals surface area contributed by atoms with Crippen molar-refractivity contribution in [2.75, 3.05) is 6.54 Å². The summed E-state index contributed by atoms with van der Waals surface area (Å²) >= 11 is 0. The summed E-state index contributed by atoms with van der Waals surface area (Å²) in [4.78, 5) is 12.3. The van der Waals surface area contributed by atoms with E-state index in [9.17, 15) is 4.79 Å². The maximum Gasteiger partial charge on any atom is 0.237 e. The fourth-order valence-electron chi connectivity index (χ4n) is 2.69. The van der Waals surface area contributed by atoms with Gasteiger partial charge in [0.15, 0.2) is 0 Å². The molecule has 0 aliphatic carbocycles. The molecule has 1 aromatic rings. The van der Waals surface area contributed by atoms with Gasteiger partial charge >= 0.3 is 0 Å². The van der Waals surface area contributed by atoms with Gasteiger partial charge in [-0.05, 0) is 37.3 Å². The van der Waals surface area contributed by atoms with Gasteiger partial charge in [-0.25, -0.2) is 0 Å². The summed E-state index contributed by atoms with van der Waals surface area (Å²) in [5, 5.41) is 6.49. The van der Waals surface area contributed by atoms with E-state index in [1.54, 1.807) is 0 Å². The fourth-order valence-corrected chi connectivity index (χ4v) is 2.69. The maximum absolute atomic E-state index is 12.3. The number of piperidine rings is 1. The van der Waals surface area contributed by atoms with Crippen molar-refractivity contribution in [3.05, 3.63) is 35.9 Å². The van der Waals surface area contributed by atoms with Gasteiger partial charge in [0.1, 0.15) is 0 Å². The van der Waals surface area contributed by atoms with Gasteiger partial charge in [0.25, 0.3) is 0 Å². The van der Waals surface area contributed by atoms with E-state index in [1.807, 2.05) is 18.2 Å². The highest BCUT2D eigenvalue weighted by atomic mass is 16.2. The summed E-state index contributed by atoms with van der Waals surface area (Å²) in [6.45, 7) is 5.27. The van der Waals surface area contributed by atoms with Crippen molar-refractivity contribution in [2.45, 2.75) is 45.2 Å². The van der Waals surface area contributed by atoms with Crippen LogP contribution >= 0.6 is 0 Å². The van der Waals surface area contributed by atoms with Crippen LogP contribution in [0.4, 0.5) is 0 Å². The molecule has 0 aromatic heterocycles. The Labute approximate surface area is 115 Å². The summed E-state index contributed by atoms with van der Waals surface area (Å²) in [5.41, 5.74) is 1.18. The molecular weight excluding hydrogens is 236 g/mol. The van der Waals surface area contributed by atoms with Crippen molar-refractivity contribution in [1.29, 1.82) is 0 Å². The Morgan fingerprint density at radius 1 is 1.42 bits per heavy atom. The highest BCUT2D eigenvalue weighted by Crippen LogP contribution is 2.19. The largest absolute Gasteiger partial charge is 0.348 e. The molecule has 3 unspecified atom stereocenters. The molecule has 0 spiro atoms. The summed E-state index contributed by atoms with van der Waals surface area (Å²) in [7, 11) is 0. The van der Waals surface area contributed by atoms with Crippen LogP contribution in [0.2, 0.25) is 0 Å². The van der Waals surface area contributed by atoms with Crippen molar-refractivity contribution in [3.8, 4) is 0 Å². The first-order valence-corrected chi connectivity index (χ1v) is 7.29. The molecule has 3 atom stereocenters. The second-order valence-electron chi connectivity index (χ2n) is 5.52. The van der Waals surface area contributed by atoms with Gasteiger partial charge in [-0.1, -0.05) is 44.2 Å². The van der Waals surface area contributed by atoms with E-state index in [1.165, 1.54) is 12.0 Å². The van der Waals surface area contributed by atoms with Crippen LogP contribution in [0.25, 0.3) is 0 Å². The number of carbonyl (C=O) groups excluding carboxylic acids is 1. The first-order chi connectivity index (χ1) is 9.20. The Morgan fingerprint density at radius 3 is 2.79 bits per heavy atom. The van der Waals surface area contributed by atoms with Gasteiger partial charge in [-0.2, -0.15) is 0 Å². The second-order valence-corrected chi connectivity index (χ2v) is 5.52. The quantitative estimate of drug-likeness (QED) is 0.874. The third kappa shape index (κ3) is 3.80. The monoisotopic (exact) mass is 260 g/mol. The molecule has 19 heavy (non-hydrogen) atoms. The van der Waals surface area contributed by atoms with Crippen molar-refractivity contribution in [1.82, 2.24) is 10.6 Å². The number of benzene rings is 1. The van der Waals surface area contributed by atoms with E-state index < -0.39 is 0 Å². The lowest BCUT2D eigenvalue weighted by molar-refractivity contribution is -0.124. The van der Waals surface area contributed by atoms with Gasteiger partial charge in [-0.15, -0.1) is 0 Å². The molecule has 0 bridgehead atoms. The molecule has 1 aliphatic rings. The molecule has 1 heterocycles. The molecule has 3 nitrogen and oxygen atoms in total. The average Bonchev–Trinajstić information content (AvgIpc) is 2.45. The van der Waals surface area contributed by atoms with Crippen LogP contribution in [0.3, 0.4) is 0 Å². The molecule has 0 saturated carbocycles. The lowest BCUT2D eigenvalue weighted by Crippen LogP contribution is -2.49. The second kappa shape index (κ2) is 6.71. The molecule has 1 fully saturated rings. The zero-order valence-corrected chi connectivity index (χ0v) is 11.9. The Morgan fingerprint density at radius 2 is 2.16 bits per heavy atom. The summed E-state index contributed by atoms with van der Waals surface area (Å²) in [6.07, 6.45) is 3.02. The van der Waals surface area contributed by atoms with Crippen LogP contribution in [0, 0.1) is 5.92 Å². The third-order valence-electron chi connectivity index (χ3n) is 3.91. The molecular formula is C16H24N2O. The Hall–Kier alpha value is -1.35. The van der Waals surface area contributed by atoms with Crippen LogP contribution < -0.4 is 10.6 Å². The van der Waals surface area contributed by atoms with Crippen molar-refractivity contribution >= 4 is 5.91 Å². The average molecular weight is 260 g/mol. The zero-order chi connectivity index (χ0) is 13.7. The maximum atomic E-state index is 12.3. The van der Waals surface area contributed by atoms with Gasteiger partial charge in [0.05, 0.1) is 12.1 Å². The standard InChI is InChI=1S/C16H24N2O/c1-3-14(13-7-5-4-6-8-13)18-16(19)15-11-12(2)9-10-17-15/h4-8,12,14-15,17H,3,9-11H2,1-2H3,(H,18,19). The van der Waals surface area contributed by atoms with Crippen LogP contribution in [-0.2, 0) is 4.79 Å². The number of hydrogen-bond acceptors (Lipinski definition) is 2. The van der Waals surface area contributed by atoms with Crippen molar-refractivity contribution in [2.24, 2.45) is 5.92 Å². The number of carbonyl (C=O) groups is 1. The number of rotatable bonds is 4. The lowest BCUT2D eigenvalue weighted by Gasteiger charge is -2.29. The van der Waals surface area contributed by atoms with Gasteiger partial charge < -0.3 is 10.6 Å². The molecule has 104 valence electrons. The molecule has 1 aliphatic heterocycles. The predicted octanol–water partition coefficient (Wildman–Crippen LogP) is 2.64. The number of hydrogen-bond donors (Lipinski definition) is 2. The zero-order valence-electron chi connectivity index (χ0n) is 11.9. The molecule has 0 radical (unpaired) electrons. The summed E-state index contributed by atoms with van der Waals surface area (Å²) < 4.78 is 0. The SMILES string of the molecule is CCC(NC(=O)C1CC(C)CCN1)c1ccccc1. The minimum Gasteiger partial charge on any atom is -0.348 e. The van der Waals surface area contributed by atoms with Crippen LogP contribution in [0.15, 0.2) is 30.3 Å². The van der Waals surface area contributed by atoms with Crippen molar-refractivity contribution < 1.29 is 4.79 Å². The lowest BCUT2D eigenvalue weighted by atomic mass is 9.93. The highest BCUT2D eigenvalue weighted by Gasteiger charge is 2.25. The molecule has 2 N–H and O–H groups in total. The van der Waals surface area contributed by atoms with E-state index in [4.69, 9.17) is 0 Å². The summed E-state index contributed by atoms with van der Waals surface area (Å²) in [6, 6.07) is 10.3. The number of amides is 1. The first kappa shape index (κ1) is 14.1. The first-order valence-electron chi connectivity index (χ1n) is 7.29. The molecule has 1 amide bonds. The van der Waals surface area contributed by atoms with Crippen LogP contribution in [0.1, 0.15) is 44.7 Å². The number of nitrogens with one attached hydrogen (secondary N) is 2. The molecule has 2 rings (SSSR count). The topological polar surface area (TPSA) is 41.1 Å². The van der Waals surface area contributed by atoms with Gasteiger partial charge in [0, 0.05) is 0 Å². The smallest absolute Gasteiger partial charge is 0.237 e. The minimum atomic E-state index is -0.0264. The molecule has 1 saturated heterocycles. The Bertz CT molecular complexity index is 404. The molecule has 3 heteroatoms. The fraction of sp³-hybridized carbons (Fsp3) is 0.562. The Balaban J connectivity index is 1.96. The van der Waals surface area contributed by atoms with E-state index in [-0.39, 0.29) is 18.0 Å². The third-order valence-corrected chi connectivity index (χ3v) is 3.91. The highest BCUT2D eigenvalue weighted by molar-refractivity contribution is 5.82. The van der Waals surface area contributed by atoms with E-state index in [2.05, 4.69) is 36.6 Å². The van der Waals surface area contributed by atoms with Crippen LogP contribution in [0.5, 0.6) is 0 Å². The normalized spacial score (nSPS) is 24.7. The van der Waals surface area contributed by atoms with Gasteiger partial charge in [0.2, 0.25) is 5.91 Å². The molecule has 1 aromatic carbocycles. The Kier molecular flexibility index (Phi) is 4.97. The predicted molar refractivity (Wildman–Crippen MR) is 77.8 cm³/mol. The van der Waals surface area contributed by atoms with Gasteiger partial charge in [-0.3, -0.25) is 4.79 Å². The van der Waals surface area contributed by atoms with Crippen molar-refractivity contribution in [3.63, 3.8) is 0 Å². The van der Waals surface area contributed by atoms with E-state index in [0.29, 0.717) is 5.92 Å². The van der Waals surface area contributed by atoms with E-state index in [0.717, 1.165) is 19.4 Å². The summed E-state index contributed by atoms with van der Waals surface area (Å²) in [5.74, 6) is 0.774.